The van der Waals surface area contributed by atoms with Gasteiger partial charge in [0.05, 0.1) is 10.6 Å². The molecular weight excluding hydrogens is 278 g/mol. The average molecular weight is 300 g/mol. The maximum atomic E-state index is 10.8. The van der Waals surface area contributed by atoms with Crippen molar-refractivity contribution in [1.29, 1.82) is 0 Å². The number of halogens is 1. The summed E-state index contributed by atoms with van der Waals surface area (Å²) in [4.78, 5) is 17.1. The minimum Gasteiger partial charge on any atom is -0.478 e. The molecule has 0 aliphatic rings. The van der Waals surface area contributed by atoms with Crippen LogP contribution in [0.3, 0.4) is 0 Å². The number of nitrogens with one attached hydrogen (secondary N) is 1. The van der Waals surface area contributed by atoms with E-state index >= 15 is 0 Å². The summed E-state index contributed by atoms with van der Waals surface area (Å²) < 4.78 is 0. The van der Waals surface area contributed by atoms with Gasteiger partial charge in [-0.05, 0) is 46.3 Å². The van der Waals surface area contributed by atoms with Crippen LogP contribution in [0.15, 0.2) is 12.3 Å². The van der Waals surface area contributed by atoms with E-state index in [1.807, 2.05) is 0 Å². The van der Waals surface area contributed by atoms with Crippen molar-refractivity contribution in [2.75, 3.05) is 25.5 Å². The number of carboxylic acid groups (broad SMARTS) is 1. The number of unbranched alkanes of at least 4 members (excludes halogenated alkanes) is 1. The normalized spacial score (nSPS) is 11.1. The van der Waals surface area contributed by atoms with Crippen molar-refractivity contribution in [3.63, 3.8) is 0 Å². The van der Waals surface area contributed by atoms with Crippen LogP contribution in [0.1, 0.15) is 37.0 Å². The highest BCUT2D eigenvalue weighted by Gasteiger charge is 2.08. The molecule has 0 spiro atoms. The molecule has 20 heavy (non-hydrogen) atoms. The Bertz CT molecular complexity index is 452. The van der Waals surface area contributed by atoms with Gasteiger partial charge in [-0.3, -0.25) is 0 Å². The third kappa shape index (κ3) is 5.35. The van der Waals surface area contributed by atoms with E-state index in [1.165, 1.54) is 12.3 Å². The van der Waals surface area contributed by atoms with E-state index in [0.717, 1.165) is 25.9 Å². The van der Waals surface area contributed by atoms with Crippen LogP contribution in [-0.2, 0) is 0 Å². The summed E-state index contributed by atoms with van der Waals surface area (Å²) in [7, 11) is 2.11. The van der Waals surface area contributed by atoms with Crippen LogP contribution < -0.4 is 5.32 Å². The summed E-state index contributed by atoms with van der Waals surface area (Å²) >= 11 is 5.98. The fourth-order valence-corrected chi connectivity index (χ4v) is 1.87. The standard InChI is InChI=1S/C14H22ClN3O2/c1-10(2)18(3)7-5-4-6-16-13-12(15)8-11(9-17-13)14(19)20/h8-10H,4-7H2,1-3H3,(H,16,17)(H,19,20). The Morgan fingerprint density at radius 2 is 2.20 bits per heavy atom. The first kappa shape index (κ1) is 16.7. The van der Waals surface area contributed by atoms with Gasteiger partial charge in [-0.25, -0.2) is 9.78 Å². The second-order valence-electron chi connectivity index (χ2n) is 5.07. The summed E-state index contributed by atoms with van der Waals surface area (Å²) in [5.41, 5.74) is 0.0964. The van der Waals surface area contributed by atoms with Gasteiger partial charge in [0.25, 0.3) is 0 Å². The van der Waals surface area contributed by atoms with Crippen molar-refractivity contribution in [3.8, 4) is 0 Å². The minimum absolute atomic E-state index is 0.0964. The zero-order valence-electron chi connectivity index (χ0n) is 12.2. The monoisotopic (exact) mass is 299 g/mol. The number of aromatic carboxylic acids is 1. The zero-order valence-corrected chi connectivity index (χ0v) is 12.9. The molecule has 0 saturated carbocycles. The predicted molar refractivity (Wildman–Crippen MR) is 81.7 cm³/mol. The SMILES string of the molecule is CC(C)N(C)CCCCNc1ncc(C(=O)O)cc1Cl. The highest BCUT2D eigenvalue weighted by molar-refractivity contribution is 6.33. The number of carboxylic acids is 1. The first-order valence-corrected chi connectivity index (χ1v) is 7.12. The van der Waals surface area contributed by atoms with E-state index in [-0.39, 0.29) is 5.56 Å². The lowest BCUT2D eigenvalue weighted by Gasteiger charge is -2.20. The number of anilines is 1. The summed E-state index contributed by atoms with van der Waals surface area (Å²) in [6, 6.07) is 1.97. The molecule has 0 amide bonds. The van der Waals surface area contributed by atoms with E-state index < -0.39 is 5.97 Å². The van der Waals surface area contributed by atoms with Crippen molar-refractivity contribution in [3.05, 3.63) is 22.8 Å². The number of hydrogen-bond donors (Lipinski definition) is 2. The number of rotatable bonds is 8. The summed E-state index contributed by atoms with van der Waals surface area (Å²) in [6.45, 7) is 6.17. The largest absolute Gasteiger partial charge is 0.478 e. The molecule has 0 aromatic carbocycles. The van der Waals surface area contributed by atoms with Gasteiger partial charge in [0, 0.05) is 18.8 Å². The van der Waals surface area contributed by atoms with Gasteiger partial charge in [-0.2, -0.15) is 0 Å². The van der Waals surface area contributed by atoms with E-state index in [2.05, 4.69) is 36.1 Å². The Kier molecular flexibility index (Phi) is 6.75. The van der Waals surface area contributed by atoms with Crippen LogP contribution >= 0.6 is 11.6 Å². The summed E-state index contributed by atoms with van der Waals surface area (Å²) in [6.07, 6.45) is 3.41. The molecule has 0 saturated heterocycles. The molecule has 112 valence electrons. The molecule has 1 aromatic heterocycles. The van der Waals surface area contributed by atoms with Crippen LogP contribution in [0, 0.1) is 0 Å². The summed E-state index contributed by atoms with van der Waals surface area (Å²) in [5, 5.41) is 12.3. The van der Waals surface area contributed by atoms with Crippen LogP contribution in [-0.4, -0.2) is 47.1 Å². The molecule has 0 unspecified atom stereocenters. The fourth-order valence-electron chi connectivity index (χ4n) is 1.64. The molecule has 1 aromatic rings. The lowest BCUT2D eigenvalue weighted by atomic mass is 10.2. The van der Waals surface area contributed by atoms with E-state index in [0.29, 0.717) is 16.9 Å². The topological polar surface area (TPSA) is 65.5 Å². The van der Waals surface area contributed by atoms with Gasteiger partial charge < -0.3 is 15.3 Å². The van der Waals surface area contributed by atoms with Crippen molar-refractivity contribution >= 4 is 23.4 Å². The third-order valence-electron chi connectivity index (χ3n) is 3.20. The Labute approximate surface area is 125 Å². The van der Waals surface area contributed by atoms with Crippen molar-refractivity contribution in [2.45, 2.75) is 32.7 Å². The Morgan fingerprint density at radius 3 is 2.75 bits per heavy atom. The average Bonchev–Trinajstić information content (AvgIpc) is 2.39. The van der Waals surface area contributed by atoms with Crippen LogP contribution in [0.4, 0.5) is 5.82 Å². The predicted octanol–water partition coefficient (Wildman–Crippen LogP) is 2.97. The number of nitrogens with zero attached hydrogens (tertiary/aromatic N) is 2. The lowest BCUT2D eigenvalue weighted by Crippen LogP contribution is -2.27. The molecule has 5 nitrogen and oxygen atoms in total. The Morgan fingerprint density at radius 1 is 1.50 bits per heavy atom. The molecule has 0 aliphatic heterocycles. The fraction of sp³-hybridized carbons (Fsp3) is 0.571. The maximum absolute atomic E-state index is 10.8. The van der Waals surface area contributed by atoms with Gasteiger partial charge in [0.2, 0.25) is 0 Å². The Balaban J connectivity index is 2.34. The number of pyridine rings is 1. The quantitative estimate of drug-likeness (QED) is 0.723. The zero-order chi connectivity index (χ0) is 15.1. The van der Waals surface area contributed by atoms with Crippen molar-refractivity contribution in [1.82, 2.24) is 9.88 Å². The Hall–Kier alpha value is -1.33. The van der Waals surface area contributed by atoms with Gasteiger partial charge in [0.15, 0.2) is 0 Å². The van der Waals surface area contributed by atoms with Gasteiger partial charge in [-0.1, -0.05) is 11.6 Å². The molecule has 0 aliphatic carbocycles. The third-order valence-corrected chi connectivity index (χ3v) is 3.49. The number of aromatic nitrogens is 1. The minimum atomic E-state index is -1.03. The molecule has 1 rings (SSSR count). The lowest BCUT2D eigenvalue weighted by molar-refractivity contribution is 0.0696. The van der Waals surface area contributed by atoms with Crippen LogP contribution in [0.5, 0.6) is 0 Å². The smallest absolute Gasteiger partial charge is 0.337 e. The molecule has 6 heteroatoms. The van der Waals surface area contributed by atoms with E-state index in [4.69, 9.17) is 16.7 Å². The van der Waals surface area contributed by atoms with Crippen molar-refractivity contribution < 1.29 is 9.90 Å². The first-order valence-electron chi connectivity index (χ1n) is 6.74. The van der Waals surface area contributed by atoms with Gasteiger partial charge in [0.1, 0.15) is 5.82 Å². The molecule has 0 fully saturated rings. The second kappa shape index (κ2) is 8.07. The second-order valence-corrected chi connectivity index (χ2v) is 5.48. The highest BCUT2D eigenvalue weighted by atomic mass is 35.5. The number of hydrogen-bond acceptors (Lipinski definition) is 4. The van der Waals surface area contributed by atoms with Crippen LogP contribution in [0.25, 0.3) is 0 Å². The maximum Gasteiger partial charge on any atom is 0.337 e. The van der Waals surface area contributed by atoms with Crippen molar-refractivity contribution in [2.24, 2.45) is 0 Å². The number of carbonyl (C=O) groups is 1. The van der Waals surface area contributed by atoms with Gasteiger partial charge in [-0.15, -0.1) is 0 Å². The molecule has 2 N–H and O–H groups in total. The van der Waals surface area contributed by atoms with Crippen LogP contribution in [0.2, 0.25) is 5.02 Å². The highest BCUT2D eigenvalue weighted by Crippen LogP contribution is 2.20. The molecule has 1 heterocycles. The summed E-state index contributed by atoms with van der Waals surface area (Å²) in [5.74, 6) is -0.489. The first-order chi connectivity index (χ1) is 9.41. The molecule has 0 radical (unpaired) electrons. The van der Waals surface area contributed by atoms with E-state index in [9.17, 15) is 4.79 Å². The molecule has 0 atom stereocenters. The molecule has 0 bridgehead atoms. The molecular formula is C14H22ClN3O2. The van der Waals surface area contributed by atoms with E-state index in [1.54, 1.807) is 0 Å². The van der Waals surface area contributed by atoms with Gasteiger partial charge >= 0.3 is 5.97 Å².